The second kappa shape index (κ2) is 4.82. The van der Waals surface area contributed by atoms with Crippen LogP contribution in [0.15, 0.2) is 18.2 Å². The van der Waals surface area contributed by atoms with Crippen molar-refractivity contribution in [2.45, 2.75) is 20.3 Å². The average molecular weight is 208 g/mol. The molecule has 0 fully saturated rings. The molecule has 0 bridgehead atoms. The first kappa shape index (κ1) is 11.6. The molecule has 1 aromatic carbocycles. The molecule has 0 saturated carbocycles. The Hall–Kier alpha value is -1.51. The van der Waals surface area contributed by atoms with Gasteiger partial charge in [-0.1, -0.05) is 19.9 Å². The Morgan fingerprint density at radius 3 is 2.60 bits per heavy atom. The van der Waals surface area contributed by atoms with Crippen LogP contribution in [0.4, 0.5) is 0 Å². The van der Waals surface area contributed by atoms with Crippen molar-refractivity contribution in [1.29, 1.82) is 0 Å². The van der Waals surface area contributed by atoms with Crippen molar-refractivity contribution in [2.75, 3.05) is 7.11 Å². The molecule has 0 aliphatic carbocycles. The van der Waals surface area contributed by atoms with Crippen molar-refractivity contribution in [3.8, 4) is 11.5 Å². The molecule has 1 rings (SSSR count). The van der Waals surface area contributed by atoms with Gasteiger partial charge in [0.1, 0.15) is 17.3 Å². The van der Waals surface area contributed by atoms with Crippen LogP contribution in [0.25, 0.3) is 0 Å². The number of Topliss-reactive ketones (excluding diaryl/α,β-unsaturated/α-hetero) is 1. The Labute approximate surface area is 89.7 Å². The van der Waals surface area contributed by atoms with Gasteiger partial charge >= 0.3 is 0 Å². The number of phenolic OH excluding ortho intramolecular Hbond substituents is 1. The van der Waals surface area contributed by atoms with Crippen LogP contribution in [0.2, 0.25) is 0 Å². The molecule has 0 aliphatic heterocycles. The van der Waals surface area contributed by atoms with Crippen LogP contribution < -0.4 is 4.74 Å². The van der Waals surface area contributed by atoms with Gasteiger partial charge in [0.05, 0.1) is 7.11 Å². The monoisotopic (exact) mass is 208 g/mol. The van der Waals surface area contributed by atoms with Crippen molar-refractivity contribution in [3.63, 3.8) is 0 Å². The van der Waals surface area contributed by atoms with E-state index < -0.39 is 0 Å². The molecule has 0 unspecified atom stereocenters. The smallest absolute Gasteiger partial charge is 0.139 e. The molecule has 0 spiro atoms. The lowest BCUT2D eigenvalue weighted by atomic mass is 10.0. The number of benzene rings is 1. The number of carbonyl (C=O) groups is 1. The summed E-state index contributed by atoms with van der Waals surface area (Å²) in [6.07, 6.45) is 0.271. The Balaban J connectivity index is 2.83. The summed E-state index contributed by atoms with van der Waals surface area (Å²) in [5, 5.41) is 9.62. The highest BCUT2D eigenvalue weighted by Gasteiger charge is 2.11. The van der Waals surface area contributed by atoms with Gasteiger partial charge in [-0.3, -0.25) is 4.79 Å². The molecule has 0 aromatic heterocycles. The van der Waals surface area contributed by atoms with E-state index >= 15 is 0 Å². The number of phenols is 1. The van der Waals surface area contributed by atoms with Gasteiger partial charge < -0.3 is 9.84 Å². The molecular weight excluding hydrogens is 192 g/mol. The van der Waals surface area contributed by atoms with E-state index in [2.05, 4.69) is 0 Å². The van der Waals surface area contributed by atoms with E-state index in [9.17, 15) is 9.90 Å². The summed E-state index contributed by atoms with van der Waals surface area (Å²) in [5.74, 6) is 0.818. The zero-order valence-electron chi connectivity index (χ0n) is 9.28. The highest BCUT2D eigenvalue weighted by Crippen LogP contribution is 2.24. The van der Waals surface area contributed by atoms with E-state index in [1.54, 1.807) is 12.1 Å². The minimum atomic E-state index is -0.00787. The predicted octanol–water partition coefficient (Wildman–Crippen LogP) is 2.17. The summed E-state index contributed by atoms with van der Waals surface area (Å²) in [6, 6.07) is 4.97. The molecule has 15 heavy (non-hydrogen) atoms. The third-order valence-electron chi connectivity index (χ3n) is 2.30. The zero-order valence-corrected chi connectivity index (χ0v) is 9.28. The van der Waals surface area contributed by atoms with Gasteiger partial charge in [0.15, 0.2) is 0 Å². The second-order valence-electron chi connectivity index (χ2n) is 3.79. The number of ketones is 1. The van der Waals surface area contributed by atoms with Crippen LogP contribution in [0.5, 0.6) is 11.5 Å². The van der Waals surface area contributed by atoms with Gasteiger partial charge in [0.25, 0.3) is 0 Å². The minimum absolute atomic E-state index is 0.00787. The molecular formula is C12H16O3. The van der Waals surface area contributed by atoms with Gasteiger partial charge in [-0.15, -0.1) is 0 Å². The van der Waals surface area contributed by atoms with Crippen molar-refractivity contribution in [3.05, 3.63) is 23.8 Å². The predicted molar refractivity (Wildman–Crippen MR) is 58.2 cm³/mol. The quantitative estimate of drug-likeness (QED) is 0.824. The van der Waals surface area contributed by atoms with Gasteiger partial charge in [0.2, 0.25) is 0 Å². The number of methoxy groups -OCH3 is 1. The van der Waals surface area contributed by atoms with Gasteiger partial charge in [-0.2, -0.15) is 0 Å². The van der Waals surface area contributed by atoms with Crippen LogP contribution in [0.1, 0.15) is 19.4 Å². The van der Waals surface area contributed by atoms with Crippen LogP contribution >= 0.6 is 0 Å². The molecule has 0 heterocycles. The largest absolute Gasteiger partial charge is 0.508 e. The van der Waals surface area contributed by atoms with Crippen molar-refractivity contribution >= 4 is 5.78 Å². The van der Waals surface area contributed by atoms with Crippen molar-refractivity contribution in [2.24, 2.45) is 5.92 Å². The van der Waals surface area contributed by atoms with Gasteiger partial charge in [-0.05, 0) is 6.07 Å². The molecule has 0 aliphatic rings. The fraction of sp³-hybridized carbons (Fsp3) is 0.417. The van der Waals surface area contributed by atoms with E-state index in [1.165, 1.54) is 13.2 Å². The fourth-order valence-corrected chi connectivity index (χ4v) is 1.21. The van der Waals surface area contributed by atoms with Gasteiger partial charge in [0, 0.05) is 24.0 Å². The number of rotatable bonds is 4. The molecule has 1 N–H and O–H groups in total. The minimum Gasteiger partial charge on any atom is -0.508 e. The summed E-state index contributed by atoms with van der Waals surface area (Å²) in [7, 11) is 1.54. The van der Waals surface area contributed by atoms with Crippen LogP contribution in [0, 0.1) is 5.92 Å². The van der Waals surface area contributed by atoms with Gasteiger partial charge in [-0.25, -0.2) is 0 Å². The standard InChI is InChI=1S/C12H16O3/c1-8(2)11(13)6-9-4-5-10(15-3)7-12(9)14/h4-5,7-8,14H,6H2,1-3H3. The highest BCUT2D eigenvalue weighted by molar-refractivity contribution is 5.83. The summed E-state index contributed by atoms with van der Waals surface area (Å²) < 4.78 is 4.96. The zero-order chi connectivity index (χ0) is 11.4. The first-order valence-electron chi connectivity index (χ1n) is 4.93. The third kappa shape index (κ3) is 2.98. The lowest BCUT2D eigenvalue weighted by Gasteiger charge is -2.07. The molecule has 0 radical (unpaired) electrons. The van der Waals surface area contributed by atoms with Crippen molar-refractivity contribution < 1.29 is 14.6 Å². The Morgan fingerprint density at radius 1 is 1.47 bits per heavy atom. The first-order chi connectivity index (χ1) is 7.04. The molecule has 0 atom stereocenters. The number of hydrogen-bond donors (Lipinski definition) is 1. The molecule has 82 valence electrons. The number of ether oxygens (including phenoxy) is 1. The number of aromatic hydroxyl groups is 1. The number of carbonyl (C=O) groups excluding carboxylic acids is 1. The number of hydrogen-bond acceptors (Lipinski definition) is 3. The normalized spacial score (nSPS) is 10.4. The molecule has 0 saturated heterocycles. The summed E-state index contributed by atoms with van der Waals surface area (Å²) >= 11 is 0. The van der Waals surface area contributed by atoms with E-state index in [0.29, 0.717) is 11.3 Å². The Morgan fingerprint density at radius 2 is 2.13 bits per heavy atom. The van der Waals surface area contributed by atoms with Crippen molar-refractivity contribution in [1.82, 2.24) is 0 Å². The highest BCUT2D eigenvalue weighted by atomic mass is 16.5. The first-order valence-corrected chi connectivity index (χ1v) is 4.93. The van der Waals surface area contributed by atoms with Crippen LogP contribution in [-0.4, -0.2) is 18.0 Å². The summed E-state index contributed by atoms with van der Waals surface area (Å²) in [5.41, 5.74) is 0.648. The Kier molecular flexibility index (Phi) is 3.72. The summed E-state index contributed by atoms with van der Waals surface area (Å²) in [6.45, 7) is 3.70. The van der Waals surface area contributed by atoms with E-state index in [0.717, 1.165) is 0 Å². The average Bonchev–Trinajstić information content (AvgIpc) is 2.20. The van der Waals surface area contributed by atoms with Crippen LogP contribution in [0.3, 0.4) is 0 Å². The fourth-order valence-electron chi connectivity index (χ4n) is 1.21. The second-order valence-corrected chi connectivity index (χ2v) is 3.79. The molecule has 1 aromatic rings. The molecule has 3 heteroatoms. The lowest BCUT2D eigenvalue weighted by Crippen LogP contribution is -2.10. The maximum absolute atomic E-state index is 11.5. The van der Waals surface area contributed by atoms with E-state index in [-0.39, 0.29) is 23.9 Å². The Bertz CT molecular complexity index is 356. The molecule has 0 amide bonds. The SMILES string of the molecule is COc1ccc(CC(=O)C(C)C)c(O)c1. The van der Waals surface area contributed by atoms with Crippen LogP contribution in [-0.2, 0) is 11.2 Å². The lowest BCUT2D eigenvalue weighted by molar-refractivity contribution is -0.121. The summed E-state index contributed by atoms with van der Waals surface area (Å²) in [4.78, 5) is 11.5. The molecule has 3 nitrogen and oxygen atoms in total. The third-order valence-corrected chi connectivity index (χ3v) is 2.30. The maximum Gasteiger partial charge on any atom is 0.139 e. The van der Waals surface area contributed by atoms with E-state index in [1.807, 2.05) is 13.8 Å². The van der Waals surface area contributed by atoms with E-state index in [4.69, 9.17) is 4.74 Å². The topological polar surface area (TPSA) is 46.5 Å². The maximum atomic E-state index is 11.5.